The van der Waals surface area contributed by atoms with Crippen LogP contribution < -0.4 is 14.5 Å². The Balaban J connectivity index is 1.72. The van der Waals surface area contributed by atoms with Crippen molar-refractivity contribution in [1.82, 2.24) is 9.97 Å². The van der Waals surface area contributed by atoms with Crippen LogP contribution in [0, 0.1) is 11.7 Å². The third kappa shape index (κ3) is 5.30. The van der Waals surface area contributed by atoms with Crippen molar-refractivity contribution >= 4 is 28.5 Å². The number of hydrogen-bond acceptors (Lipinski definition) is 7. The number of benzene rings is 1. The van der Waals surface area contributed by atoms with Crippen LogP contribution in [0.2, 0.25) is 0 Å². The predicted octanol–water partition coefficient (Wildman–Crippen LogP) is 4.63. The van der Waals surface area contributed by atoms with E-state index in [1.165, 1.54) is 18.1 Å². The molecule has 8 nitrogen and oxygen atoms in total. The number of ether oxygens (including phenoxy) is 2. The molecule has 1 aliphatic rings. The minimum atomic E-state index is -0.609. The van der Waals surface area contributed by atoms with E-state index in [0.29, 0.717) is 29.0 Å². The summed E-state index contributed by atoms with van der Waals surface area (Å²) in [6, 6.07) is 8.53. The molecule has 1 unspecified atom stereocenters. The van der Waals surface area contributed by atoms with E-state index < -0.39 is 17.5 Å². The van der Waals surface area contributed by atoms with Crippen LogP contribution in [0.25, 0.3) is 22.2 Å². The van der Waals surface area contributed by atoms with Crippen LogP contribution in [0.15, 0.2) is 36.5 Å². The van der Waals surface area contributed by atoms with Crippen molar-refractivity contribution < 1.29 is 23.8 Å². The van der Waals surface area contributed by atoms with Crippen LogP contribution in [0.5, 0.6) is 5.75 Å². The molecule has 186 valence electrons. The molecule has 0 saturated carbocycles. The summed E-state index contributed by atoms with van der Waals surface area (Å²) in [5.41, 5.74) is 2.24. The lowest BCUT2D eigenvalue weighted by Gasteiger charge is -2.24. The number of hydrogen-bond donors (Lipinski definition) is 1. The van der Waals surface area contributed by atoms with E-state index in [4.69, 9.17) is 14.5 Å². The number of anilines is 2. The highest BCUT2D eigenvalue weighted by atomic mass is 19.1. The lowest BCUT2D eigenvalue weighted by molar-refractivity contribution is 0.0588. The van der Waals surface area contributed by atoms with E-state index in [9.17, 15) is 14.3 Å². The number of amides is 1. The van der Waals surface area contributed by atoms with Crippen LogP contribution >= 0.6 is 0 Å². The summed E-state index contributed by atoms with van der Waals surface area (Å²) in [6.45, 7) is 6.98. The number of nitrogens with zero attached hydrogens (tertiary/aromatic N) is 4. The van der Waals surface area contributed by atoms with Crippen molar-refractivity contribution in [3.8, 4) is 17.0 Å². The molecule has 1 saturated heterocycles. The van der Waals surface area contributed by atoms with Gasteiger partial charge in [-0.3, -0.25) is 4.90 Å². The van der Waals surface area contributed by atoms with E-state index >= 15 is 0 Å². The van der Waals surface area contributed by atoms with Crippen molar-refractivity contribution in [2.75, 3.05) is 43.7 Å². The summed E-state index contributed by atoms with van der Waals surface area (Å²) in [5, 5.41) is 10.3. The summed E-state index contributed by atoms with van der Waals surface area (Å²) in [6.07, 6.45) is 2.02. The summed E-state index contributed by atoms with van der Waals surface area (Å²) >= 11 is 0. The minimum Gasteiger partial charge on any atom is -0.494 e. The monoisotopic (exact) mass is 482 g/mol. The fourth-order valence-electron chi connectivity index (χ4n) is 4.14. The molecule has 0 aliphatic carbocycles. The molecule has 0 spiro atoms. The molecule has 35 heavy (non-hydrogen) atoms. The quantitative estimate of drug-likeness (QED) is 0.567. The Hall–Kier alpha value is -3.46. The van der Waals surface area contributed by atoms with Gasteiger partial charge in [0.15, 0.2) is 11.6 Å². The second-order valence-electron chi connectivity index (χ2n) is 9.76. The highest BCUT2D eigenvalue weighted by molar-refractivity contribution is 5.95. The number of fused-ring (bicyclic) bond motifs is 1. The number of methoxy groups -OCH3 is 1. The molecule has 1 fully saturated rings. The molecule has 1 atom stereocenters. The summed E-state index contributed by atoms with van der Waals surface area (Å²) in [4.78, 5) is 25.1. The van der Waals surface area contributed by atoms with Gasteiger partial charge in [0, 0.05) is 61.6 Å². The smallest absolute Gasteiger partial charge is 0.415 e. The molecule has 0 radical (unpaired) electrons. The molecule has 1 amide bonds. The third-order valence-corrected chi connectivity index (χ3v) is 6.00. The number of halogens is 1. The number of pyridine rings is 2. The van der Waals surface area contributed by atoms with Gasteiger partial charge in [0.05, 0.1) is 18.3 Å². The molecule has 2 aromatic heterocycles. The fraction of sp³-hybridized carbons (Fsp3) is 0.423. The SMILES string of the molecule is COc1cc2nc(-c3ccc(N(C)C(=O)OC(C)(C)C)nc3)cc(N3CCC(CO)C3)c2cc1F. The second kappa shape index (κ2) is 9.65. The van der Waals surface area contributed by atoms with Gasteiger partial charge in [-0.1, -0.05) is 0 Å². The van der Waals surface area contributed by atoms with Crippen LogP contribution in [-0.4, -0.2) is 60.6 Å². The zero-order valence-electron chi connectivity index (χ0n) is 20.7. The van der Waals surface area contributed by atoms with E-state index in [2.05, 4.69) is 9.88 Å². The van der Waals surface area contributed by atoms with Gasteiger partial charge in [-0.05, 0) is 51.5 Å². The first-order valence-corrected chi connectivity index (χ1v) is 11.6. The van der Waals surface area contributed by atoms with E-state index in [-0.39, 0.29) is 18.3 Å². The van der Waals surface area contributed by atoms with Crippen molar-refractivity contribution in [3.05, 3.63) is 42.3 Å². The number of carbonyl (C=O) groups is 1. The molecule has 9 heteroatoms. The standard InChI is InChI=1S/C26H31FN4O4/c1-26(2,3)35-25(33)30(4)24-7-6-17(13-28-24)20-11-22(31-9-8-16(14-31)15-32)18-10-19(27)23(34-5)12-21(18)29-20/h6-7,10-13,16,32H,8-9,14-15H2,1-5H3. The molecule has 1 N–H and O–H groups in total. The maximum absolute atomic E-state index is 14.6. The number of aliphatic hydroxyl groups excluding tert-OH is 1. The Morgan fingerprint density at radius 1 is 1.29 bits per heavy atom. The lowest BCUT2D eigenvalue weighted by atomic mass is 10.1. The highest BCUT2D eigenvalue weighted by Crippen LogP contribution is 2.36. The first-order valence-electron chi connectivity index (χ1n) is 11.6. The molecule has 3 aromatic rings. The molecule has 0 bridgehead atoms. The Bertz CT molecular complexity index is 1230. The lowest BCUT2D eigenvalue weighted by Crippen LogP contribution is -2.34. The van der Waals surface area contributed by atoms with Gasteiger partial charge in [-0.25, -0.2) is 19.2 Å². The average molecular weight is 483 g/mol. The van der Waals surface area contributed by atoms with Gasteiger partial charge < -0.3 is 19.5 Å². The molecular weight excluding hydrogens is 451 g/mol. The largest absolute Gasteiger partial charge is 0.494 e. The van der Waals surface area contributed by atoms with Gasteiger partial charge in [-0.2, -0.15) is 0 Å². The van der Waals surface area contributed by atoms with Crippen LogP contribution in [0.3, 0.4) is 0 Å². The first-order chi connectivity index (χ1) is 16.6. The van der Waals surface area contributed by atoms with Crippen LogP contribution in [0.4, 0.5) is 20.7 Å². The average Bonchev–Trinajstić information content (AvgIpc) is 3.31. The number of rotatable bonds is 5. The fourth-order valence-corrected chi connectivity index (χ4v) is 4.14. The summed E-state index contributed by atoms with van der Waals surface area (Å²) < 4.78 is 25.2. The number of aromatic nitrogens is 2. The van der Waals surface area contributed by atoms with E-state index in [1.807, 2.05) is 32.9 Å². The zero-order valence-corrected chi connectivity index (χ0v) is 20.7. The van der Waals surface area contributed by atoms with Crippen LogP contribution in [0.1, 0.15) is 27.2 Å². The minimum absolute atomic E-state index is 0.116. The van der Waals surface area contributed by atoms with Crippen molar-refractivity contribution in [3.63, 3.8) is 0 Å². The van der Waals surface area contributed by atoms with E-state index in [0.717, 1.165) is 24.2 Å². The Morgan fingerprint density at radius 3 is 2.66 bits per heavy atom. The van der Waals surface area contributed by atoms with E-state index in [1.54, 1.807) is 25.4 Å². The maximum atomic E-state index is 14.6. The highest BCUT2D eigenvalue weighted by Gasteiger charge is 2.25. The van der Waals surface area contributed by atoms with Gasteiger partial charge in [0.1, 0.15) is 11.4 Å². The second-order valence-corrected chi connectivity index (χ2v) is 9.76. The van der Waals surface area contributed by atoms with Crippen LogP contribution in [-0.2, 0) is 4.74 Å². The zero-order chi connectivity index (χ0) is 25.3. The number of carbonyl (C=O) groups excluding carboxylic acids is 1. The Kier molecular flexibility index (Phi) is 6.80. The molecule has 3 heterocycles. The van der Waals surface area contributed by atoms with Gasteiger partial charge in [0.25, 0.3) is 0 Å². The van der Waals surface area contributed by atoms with Gasteiger partial charge in [-0.15, -0.1) is 0 Å². The van der Waals surface area contributed by atoms with Crippen molar-refractivity contribution in [1.29, 1.82) is 0 Å². The Morgan fingerprint density at radius 2 is 2.06 bits per heavy atom. The first kappa shape index (κ1) is 24.7. The van der Waals surface area contributed by atoms with Gasteiger partial charge in [0.2, 0.25) is 0 Å². The molecule has 1 aliphatic heterocycles. The van der Waals surface area contributed by atoms with Crippen molar-refractivity contribution in [2.45, 2.75) is 32.8 Å². The Labute approximate surface area is 204 Å². The van der Waals surface area contributed by atoms with Crippen molar-refractivity contribution in [2.24, 2.45) is 5.92 Å². The topological polar surface area (TPSA) is 88.0 Å². The molecule has 4 rings (SSSR count). The summed E-state index contributed by atoms with van der Waals surface area (Å²) in [7, 11) is 3.03. The normalized spacial score (nSPS) is 16.0. The number of aliphatic hydroxyl groups is 1. The molecular formula is C26H31FN4O4. The summed E-state index contributed by atoms with van der Waals surface area (Å²) in [5.74, 6) is 0.285. The third-order valence-electron chi connectivity index (χ3n) is 6.00. The molecule has 1 aromatic carbocycles. The predicted molar refractivity (Wildman–Crippen MR) is 134 cm³/mol. The maximum Gasteiger partial charge on any atom is 0.415 e. The van der Waals surface area contributed by atoms with Gasteiger partial charge >= 0.3 is 6.09 Å².